The van der Waals surface area contributed by atoms with Crippen molar-refractivity contribution in [1.29, 1.82) is 0 Å². The number of ether oxygens (including phenoxy) is 1. The minimum atomic E-state index is -0.165. The molecule has 0 spiro atoms. The Morgan fingerprint density at radius 2 is 1.82 bits per heavy atom. The van der Waals surface area contributed by atoms with Crippen molar-refractivity contribution >= 4 is 22.4 Å². The van der Waals surface area contributed by atoms with Crippen LogP contribution in [0.2, 0.25) is 0 Å². The molecule has 110 valence electrons. The number of rotatable bonds is 4. The Morgan fingerprint density at radius 1 is 1.09 bits per heavy atom. The second-order valence-corrected chi connectivity index (χ2v) is 5.42. The maximum absolute atomic E-state index is 12.1. The third-order valence-electron chi connectivity index (χ3n) is 3.14. The van der Waals surface area contributed by atoms with E-state index in [1.54, 1.807) is 19.2 Å². The Morgan fingerprint density at radius 3 is 2.59 bits per heavy atom. The highest BCUT2D eigenvalue weighted by Gasteiger charge is 2.12. The summed E-state index contributed by atoms with van der Waals surface area (Å²) < 4.78 is 5.34. The number of anilines is 1. The number of hydrogen-bond acceptors (Lipinski definition) is 4. The summed E-state index contributed by atoms with van der Waals surface area (Å²) in [5, 5.41) is 5.28. The second kappa shape index (κ2) is 6.41. The van der Waals surface area contributed by atoms with Gasteiger partial charge in [-0.25, -0.2) is 4.98 Å². The predicted octanol–water partition coefficient (Wildman–Crippen LogP) is 4.07. The van der Waals surface area contributed by atoms with Gasteiger partial charge in [0.25, 0.3) is 5.91 Å². The number of amides is 1. The topological polar surface area (TPSA) is 51.2 Å². The molecule has 0 saturated carbocycles. The lowest BCUT2D eigenvalue weighted by molar-refractivity contribution is 0.102. The van der Waals surface area contributed by atoms with Gasteiger partial charge in [-0.05, 0) is 24.3 Å². The van der Waals surface area contributed by atoms with E-state index in [4.69, 9.17) is 4.74 Å². The Balaban J connectivity index is 1.81. The molecule has 1 N–H and O–H groups in total. The van der Waals surface area contributed by atoms with Gasteiger partial charge in [-0.2, -0.15) is 0 Å². The lowest BCUT2D eigenvalue weighted by Crippen LogP contribution is -2.11. The molecule has 22 heavy (non-hydrogen) atoms. The first-order valence-corrected chi connectivity index (χ1v) is 7.61. The van der Waals surface area contributed by atoms with Crippen LogP contribution < -0.4 is 10.1 Å². The molecular weight excluding hydrogens is 296 g/mol. The van der Waals surface area contributed by atoms with Crippen molar-refractivity contribution < 1.29 is 9.53 Å². The van der Waals surface area contributed by atoms with Gasteiger partial charge in [0.15, 0.2) is 5.13 Å². The molecule has 3 rings (SSSR count). The number of nitrogens with zero attached hydrogens (tertiary/aromatic N) is 1. The van der Waals surface area contributed by atoms with Gasteiger partial charge in [0.2, 0.25) is 0 Å². The van der Waals surface area contributed by atoms with E-state index >= 15 is 0 Å². The first kappa shape index (κ1) is 14.3. The van der Waals surface area contributed by atoms with Crippen LogP contribution in [0.5, 0.6) is 5.75 Å². The molecule has 0 aliphatic rings. The fourth-order valence-corrected chi connectivity index (χ4v) is 2.78. The van der Waals surface area contributed by atoms with Crippen molar-refractivity contribution in [2.24, 2.45) is 0 Å². The highest BCUT2D eigenvalue weighted by molar-refractivity contribution is 7.14. The maximum Gasteiger partial charge on any atom is 0.257 e. The summed E-state index contributed by atoms with van der Waals surface area (Å²) in [6, 6.07) is 16.7. The number of carbonyl (C=O) groups is 1. The highest BCUT2D eigenvalue weighted by atomic mass is 32.1. The number of hydrogen-bond donors (Lipinski definition) is 1. The zero-order valence-corrected chi connectivity index (χ0v) is 12.8. The van der Waals surface area contributed by atoms with Crippen molar-refractivity contribution in [3.63, 3.8) is 0 Å². The zero-order valence-electron chi connectivity index (χ0n) is 11.9. The Labute approximate surface area is 132 Å². The van der Waals surface area contributed by atoms with Crippen LogP contribution in [0.15, 0.2) is 60.0 Å². The van der Waals surface area contributed by atoms with Crippen LogP contribution in [0.4, 0.5) is 5.13 Å². The van der Waals surface area contributed by atoms with E-state index in [1.165, 1.54) is 11.3 Å². The fourth-order valence-electron chi connectivity index (χ4n) is 2.07. The maximum atomic E-state index is 12.1. The molecular formula is C17H14N2O2S. The molecule has 0 fully saturated rings. The van der Waals surface area contributed by atoms with E-state index < -0.39 is 0 Å². The van der Waals surface area contributed by atoms with Gasteiger partial charge in [0.1, 0.15) is 5.75 Å². The van der Waals surface area contributed by atoms with Crippen molar-refractivity contribution in [3.05, 3.63) is 65.5 Å². The van der Waals surface area contributed by atoms with E-state index in [-0.39, 0.29) is 5.91 Å². The number of methoxy groups -OCH3 is 1. The van der Waals surface area contributed by atoms with Crippen molar-refractivity contribution in [2.75, 3.05) is 12.4 Å². The first-order valence-electron chi connectivity index (χ1n) is 6.73. The monoisotopic (exact) mass is 310 g/mol. The minimum Gasteiger partial charge on any atom is -0.496 e. The molecule has 0 aliphatic carbocycles. The third kappa shape index (κ3) is 2.99. The molecule has 0 radical (unpaired) electrons. The fraction of sp³-hybridized carbons (Fsp3) is 0.0588. The molecule has 0 atom stereocenters. The first-order chi connectivity index (χ1) is 10.8. The lowest BCUT2D eigenvalue weighted by Gasteiger charge is -2.05. The van der Waals surface area contributed by atoms with Crippen LogP contribution in [0.3, 0.4) is 0 Å². The van der Waals surface area contributed by atoms with E-state index in [0.717, 1.165) is 17.0 Å². The Hall–Kier alpha value is -2.66. The van der Waals surface area contributed by atoms with Gasteiger partial charge in [-0.3, -0.25) is 10.1 Å². The van der Waals surface area contributed by atoms with Crippen molar-refractivity contribution in [2.45, 2.75) is 0 Å². The molecule has 3 aromatic rings. The van der Waals surface area contributed by atoms with Crippen LogP contribution in [0.25, 0.3) is 11.3 Å². The average Bonchev–Trinajstić information content (AvgIpc) is 3.04. The molecule has 5 heteroatoms. The number of thiazole rings is 1. The van der Waals surface area contributed by atoms with Gasteiger partial charge in [-0.15, -0.1) is 11.3 Å². The van der Waals surface area contributed by atoms with Crippen LogP contribution in [0.1, 0.15) is 10.4 Å². The predicted molar refractivity (Wildman–Crippen MR) is 88.5 cm³/mol. The van der Waals surface area contributed by atoms with E-state index in [1.807, 2.05) is 47.8 Å². The highest BCUT2D eigenvalue weighted by Crippen LogP contribution is 2.31. The van der Waals surface area contributed by atoms with Gasteiger partial charge in [0, 0.05) is 16.5 Å². The number of para-hydroxylation sites is 1. The molecule has 0 saturated heterocycles. The lowest BCUT2D eigenvalue weighted by atomic mass is 10.1. The minimum absolute atomic E-state index is 0.165. The SMILES string of the molecule is COc1ccccc1-c1csc(NC(=O)c2ccccc2)n1. The van der Waals surface area contributed by atoms with Gasteiger partial charge < -0.3 is 4.74 Å². The van der Waals surface area contributed by atoms with Gasteiger partial charge in [0.05, 0.1) is 12.8 Å². The molecule has 4 nitrogen and oxygen atoms in total. The quantitative estimate of drug-likeness (QED) is 0.790. The largest absolute Gasteiger partial charge is 0.496 e. The summed E-state index contributed by atoms with van der Waals surface area (Å²) in [5.74, 6) is 0.593. The Kier molecular flexibility index (Phi) is 4.16. The van der Waals surface area contributed by atoms with Crippen molar-refractivity contribution in [3.8, 4) is 17.0 Å². The van der Waals surface area contributed by atoms with E-state index in [9.17, 15) is 4.79 Å². The zero-order chi connectivity index (χ0) is 15.4. The number of aromatic nitrogens is 1. The summed E-state index contributed by atoms with van der Waals surface area (Å²) in [7, 11) is 1.63. The van der Waals surface area contributed by atoms with Gasteiger partial charge in [-0.1, -0.05) is 30.3 Å². The van der Waals surface area contributed by atoms with E-state index in [0.29, 0.717) is 10.7 Å². The molecule has 0 bridgehead atoms. The normalized spacial score (nSPS) is 10.2. The smallest absolute Gasteiger partial charge is 0.257 e. The van der Waals surface area contributed by atoms with Gasteiger partial charge >= 0.3 is 0 Å². The van der Waals surface area contributed by atoms with Crippen LogP contribution in [0, 0.1) is 0 Å². The molecule has 0 unspecified atom stereocenters. The summed E-state index contributed by atoms with van der Waals surface area (Å²) in [6.07, 6.45) is 0. The molecule has 1 heterocycles. The van der Waals surface area contributed by atoms with Crippen LogP contribution in [-0.4, -0.2) is 18.0 Å². The molecule has 1 aromatic heterocycles. The molecule has 0 aliphatic heterocycles. The number of nitrogens with one attached hydrogen (secondary N) is 1. The standard InChI is InChI=1S/C17H14N2O2S/c1-21-15-10-6-5-9-13(15)14-11-22-17(18-14)19-16(20)12-7-3-2-4-8-12/h2-11H,1H3,(H,18,19,20). The number of carbonyl (C=O) groups excluding carboxylic acids is 1. The van der Waals surface area contributed by atoms with E-state index in [2.05, 4.69) is 10.3 Å². The second-order valence-electron chi connectivity index (χ2n) is 4.56. The third-order valence-corrected chi connectivity index (χ3v) is 3.90. The van der Waals surface area contributed by atoms with Crippen LogP contribution in [-0.2, 0) is 0 Å². The van der Waals surface area contributed by atoms with Crippen LogP contribution >= 0.6 is 11.3 Å². The summed E-state index contributed by atoms with van der Waals surface area (Å²) in [6.45, 7) is 0. The summed E-state index contributed by atoms with van der Waals surface area (Å²) >= 11 is 1.39. The summed E-state index contributed by atoms with van der Waals surface area (Å²) in [5.41, 5.74) is 2.30. The molecule has 2 aromatic carbocycles. The average molecular weight is 310 g/mol. The summed E-state index contributed by atoms with van der Waals surface area (Å²) in [4.78, 5) is 16.6. The van der Waals surface area contributed by atoms with Crippen molar-refractivity contribution in [1.82, 2.24) is 4.98 Å². The number of benzene rings is 2. The molecule has 1 amide bonds. The Bertz CT molecular complexity index is 784.